The number of piperidine rings is 1. The molecule has 3 rings (SSSR count). The Balaban J connectivity index is 1.60. The molecule has 0 radical (unpaired) electrons. The zero-order chi connectivity index (χ0) is 17.5. The topological polar surface area (TPSA) is 59.4 Å². The summed E-state index contributed by atoms with van der Waals surface area (Å²) in [5.41, 5.74) is 1.26. The summed E-state index contributed by atoms with van der Waals surface area (Å²) < 4.78 is 7.05. The fourth-order valence-electron chi connectivity index (χ4n) is 3.26. The summed E-state index contributed by atoms with van der Waals surface area (Å²) in [7, 11) is 0. The fourth-order valence-corrected chi connectivity index (χ4v) is 3.26. The molecule has 0 aliphatic carbocycles. The maximum atomic E-state index is 11.8. The van der Waals surface area contributed by atoms with Gasteiger partial charge in [-0.3, -0.25) is 4.68 Å². The van der Waals surface area contributed by atoms with Crippen LogP contribution < -0.4 is 5.32 Å². The average Bonchev–Trinajstić information content (AvgIpc) is 3.16. The van der Waals surface area contributed by atoms with Crippen molar-refractivity contribution < 1.29 is 9.53 Å². The first-order valence-corrected chi connectivity index (χ1v) is 8.96. The maximum Gasteiger partial charge on any atom is 0.409 e. The molecule has 1 fully saturated rings. The van der Waals surface area contributed by atoms with Crippen LogP contribution in [0.4, 0.5) is 4.79 Å². The molecule has 1 saturated heterocycles. The highest BCUT2D eigenvalue weighted by molar-refractivity contribution is 5.67. The van der Waals surface area contributed by atoms with Crippen molar-refractivity contribution in [1.82, 2.24) is 20.0 Å². The second-order valence-corrected chi connectivity index (χ2v) is 6.32. The first kappa shape index (κ1) is 17.5. The number of rotatable bonds is 6. The molecule has 0 spiro atoms. The third-order valence-electron chi connectivity index (χ3n) is 4.59. The van der Waals surface area contributed by atoms with Crippen LogP contribution in [0.5, 0.6) is 0 Å². The molecule has 6 nitrogen and oxygen atoms in total. The van der Waals surface area contributed by atoms with Crippen molar-refractivity contribution in [2.75, 3.05) is 19.7 Å². The molecule has 25 heavy (non-hydrogen) atoms. The van der Waals surface area contributed by atoms with Gasteiger partial charge in [0.25, 0.3) is 0 Å². The van der Waals surface area contributed by atoms with Gasteiger partial charge < -0.3 is 15.0 Å². The Morgan fingerprint density at radius 1 is 1.28 bits per heavy atom. The molecule has 1 aromatic carbocycles. The summed E-state index contributed by atoms with van der Waals surface area (Å²) in [6.45, 7) is 4.53. The van der Waals surface area contributed by atoms with Gasteiger partial charge in [-0.05, 0) is 31.4 Å². The first-order valence-electron chi connectivity index (χ1n) is 8.96. The molecule has 6 heteroatoms. The highest BCUT2D eigenvalue weighted by Gasteiger charge is 2.25. The van der Waals surface area contributed by atoms with Gasteiger partial charge in [0.15, 0.2) is 0 Å². The predicted octanol–water partition coefficient (Wildman–Crippen LogP) is 2.83. The maximum absolute atomic E-state index is 11.8. The molecule has 1 atom stereocenters. The van der Waals surface area contributed by atoms with Crippen LogP contribution in [0, 0.1) is 0 Å². The van der Waals surface area contributed by atoms with E-state index < -0.39 is 0 Å². The van der Waals surface area contributed by atoms with Gasteiger partial charge in [-0.1, -0.05) is 30.3 Å². The van der Waals surface area contributed by atoms with Crippen molar-refractivity contribution >= 4 is 6.09 Å². The number of nitrogens with one attached hydrogen (secondary N) is 1. The first-order chi connectivity index (χ1) is 12.3. The second kappa shape index (κ2) is 8.67. The van der Waals surface area contributed by atoms with E-state index in [9.17, 15) is 4.79 Å². The van der Waals surface area contributed by atoms with Crippen LogP contribution >= 0.6 is 0 Å². The molecular weight excluding hydrogens is 316 g/mol. The highest BCUT2D eigenvalue weighted by Crippen LogP contribution is 2.19. The van der Waals surface area contributed by atoms with Gasteiger partial charge in [0.1, 0.15) is 0 Å². The van der Waals surface area contributed by atoms with Gasteiger partial charge in [-0.15, -0.1) is 0 Å². The van der Waals surface area contributed by atoms with Crippen LogP contribution in [0.2, 0.25) is 0 Å². The van der Waals surface area contributed by atoms with Gasteiger partial charge in [-0.2, -0.15) is 5.10 Å². The zero-order valence-corrected chi connectivity index (χ0v) is 14.7. The minimum atomic E-state index is -0.197. The van der Waals surface area contributed by atoms with Crippen LogP contribution in [-0.2, 0) is 11.3 Å². The van der Waals surface area contributed by atoms with E-state index in [1.54, 1.807) is 11.1 Å². The van der Waals surface area contributed by atoms with Gasteiger partial charge >= 0.3 is 6.09 Å². The Morgan fingerprint density at radius 2 is 2.04 bits per heavy atom. The number of likely N-dealkylation sites (tertiary alicyclic amines) is 1. The average molecular weight is 342 g/mol. The van der Waals surface area contributed by atoms with Crippen molar-refractivity contribution in [3.63, 3.8) is 0 Å². The van der Waals surface area contributed by atoms with E-state index in [1.165, 1.54) is 5.56 Å². The highest BCUT2D eigenvalue weighted by atomic mass is 16.6. The summed E-state index contributed by atoms with van der Waals surface area (Å²) in [4.78, 5) is 13.6. The molecule has 0 bridgehead atoms. The largest absolute Gasteiger partial charge is 0.450 e. The number of carbonyl (C=O) groups excluding carboxylic acids is 1. The Labute approximate surface area is 148 Å². The number of hydrogen-bond donors (Lipinski definition) is 1. The lowest BCUT2D eigenvalue weighted by Gasteiger charge is -2.34. The summed E-state index contributed by atoms with van der Waals surface area (Å²) in [6.07, 6.45) is 5.46. The van der Waals surface area contributed by atoms with Gasteiger partial charge in [0, 0.05) is 31.5 Å². The van der Waals surface area contributed by atoms with E-state index in [2.05, 4.69) is 34.7 Å². The van der Waals surface area contributed by atoms with Crippen molar-refractivity contribution in [2.24, 2.45) is 0 Å². The predicted molar refractivity (Wildman–Crippen MR) is 96.2 cm³/mol. The Bertz CT molecular complexity index is 637. The lowest BCUT2D eigenvalue weighted by atomic mass is 10.0. The smallest absolute Gasteiger partial charge is 0.409 e. The fraction of sp³-hybridized carbons (Fsp3) is 0.474. The number of nitrogens with zero attached hydrogens (tertiary/aromatic N) is 3. The van der Waals surface area contributed by atoms with E-state index in [4.69, 9.17) is 4.74 Å². The molecule has 2 aromatic rings. The molecule has 1 amide bonds. The lowest BCUT2D eigenvalue weighted by molar-refractivity contribution is 0.0939. The van der Waals surface area contributed by atoms with E-state index in [0.29, 0.717) is 12.6 Å². The summed E-state index contributed by atoms with van der Waals surface area (Å²) in [5, 5.41) is 8.10. The van der Waals surface area contributed by atoms with Crippen molar-refractivity contribution in [1.29, 1.82) is 0 Å². The van der Waals surface area contributed by atoms with Crippen molar-refractivity contribution in [3.05, 3.63) is 54.4 Å². The number of amides is 1. The SMILES string of the molecule is CCOC(=O)N1CCC(NC(Cn2cccn2)c2ccccc2)CC1. The van der Waals surface area contributed by atoms with Crippen LogP contribution in [0.25, 0.3) is 0 Å². The lowest BCUT2D eigenvalue weighted by Crippen LogP contribution is -2.46. The molecule has 2 heterocycles. The number of benzene rings is 1. The third kappa shape index (κ3) is 4.82. The molecule has 1 aromatic heterocycles. The Hall–Kier alpha value is -2.34. The molecule has 134 valence electrons. The van der Waals surface area contributed by atoms with Gasteiger partial charge in [-0.25, -0.2) is 4.79 Å². The number of aromatic nitrogens is 2. The van der Waals surface area contributed by atoms with Crippen LogP contribution in [-0.4, -0.2) is 46.5 Å². The van der Waals surface area contributed by atoms with Crippen LogP contribution in [0.1, 0.15) is 31.4 Å². The second-order valence-electron chi connectivity index (χ2n) is 6.32. The summed E-state index contributed by atoms with van der Waals surface area (Å²) in [6, 6.07) is 13.0. The van der Waals surface area contributed by atoms with Crippen molar-refractivity contribution in [3.8, 4) is 0 Å². The van der Waals surface area contributed by atoms with Crippen molar-refractivity contribution in [2.45, 2.75) is 38.4 Å². The molecule has 1 unspecified atom stereocenters. The van der Waals surface area contributed by atoms with Gasteiger partial charge in [0.05, 0.1) is 19.2 Å². The number of carbonyl (C=O) groups is 1. The number of hydrogen-bond acceptors (Lipinski definition) is 4. The molecule has 0 saturated carbocycles. The normalized spacial score (nSPS) is 16.6. The van der Waals surface area contributed by atoms with E-state index in [1.807, 2.05) is 29.9 Å². The summed E-state index contributed by atoms with van der Waals surface area (Å²) in [5.74, 6) is 0. The molecule has 1 aliphatic heterocycles. The zero-order valence-electron chi connectivity index (χ0n) is 14.7. The minimum Gasteiger partial charge on any atom is -0.450 e. The standard InChI is InChI=1S/C19H26N4O2/c1-2-25-19(24)22-13-9-17(10-14-22)21-18(15-23-12-6-11-20-23)16-7-4-3-5-8-16/h3-8,11-12,17-18,21H,2,9-10,13-15H2,1H3. The van der Waals surface area contributed by atoms with Gasteiger partial charge in [0.2, 0.25) is 0 Å². The van der Waals surface area contributed by atoms with E-state index >= 15 is 0 Å². The molecule has 1 aliphatic rings. The van der Waals surface area contributed by atoms with E-state index in [-0.39, 0.29) is 12.1 Å². The molecular formula is C19H26N4O2. The minimum absolute atomic E-state index is 0.195. The van der Waals surface area contributed by atoms with E-state index in [0.717, 1.165) is 32.5 Å². The number of ether oxygens (including phenoxy) is 1. The molecule has 1 N–H and O–H groups in total. The van der Waals surface area contributed by atoms with Crippen LogP contribution in [0.15, 0.2) is 48.8 Å². The van der Waals surface area contributed by atoms with Crippen LogP contribution in [0.3, 0.4) is 0 Å². The third-order valence-corrected chi connectivity index (χ3v) is 4.59. The Morgan fingerprint density at radius 3 is 2.68 bits per heavy atom. The Kier molecular flexibility index (Phi) is 6.06. The summed E-state index contributed by atoms with van der Waals surface area (Å²) >= 11 is 0. The quantitative estimate of drug-likeness (QED) is 0.877. The monoisotopic (exact) mass is 342 g/mol.